The van der Waals surface area contributed by atoms with Crippen LogP contribution >= 0.6 is 15.9 Å². The molecule has 0 radical (unpaired) electrons. The van der Waals surface area contributed by atoms with Gasteiger partial charge in [-0.25, -0.2) is 4.39 Å². The second-order valence-corrected chi connectivity index (χ2v) is 5.27. The summed E-state index contributed by atoms with van der Waals surface area (Å²) in [5, 5.41) is 2.71. The summed E-state index contributed by atoms with van der Waals surface area (Å²) in [6.45, 7) is 0.863. The Morgan fingerprint density at radius 3 is 2.81 bits per heavy atom. The molecule has 3 rings (SSSR count). The average molecular weight is 352 g/mol. The van der Waals surface area contributed by atoms with Crippen molar-refractivity contribution < 1.29 is 18.7 Å². The molecule has 0 spiro atoms. The minimum absolute atomic E-state index is 0.287. The van der Waals surface area contributed by atoms with Crippen LogP contribution in [0.4, 0.5) is 10.1 Å². The second kappa shape index (κ2) is 5.73. The van der Waals surface area contributed by atoms with Gasteiger partial charge >= 0.3 is 0 Å². The Labute approximate surface area is 129 Å². The molecular formula is C15H11BrFNO3. The first kappa shape index (κ1) is 13.9. The largest absolute Gasteiger partial charge is 0.486 e. The lowest BCUT2D eigenvalue weighted by Gasteiger charge is -2.20. The fourth-order valence-corrected chi connectivity index (χ4v) is 2.40. The lowest BCUT2D eigenvalue weighted by atomic mass is 10.1. The number of carbonyl (C=O) groups is 1. The number of carbonyl (C=O) groups excluding carboxylic acids is 1. The Kier molecular flexibility index (Phi) is 3.79. The first-order valence-corrected chi connectivity index (χ1v) is 7.09. The third-order valence-corrected chi connectivity index (χ3v) is 3.60. The summed E-state index contributed by atoms with van der Waals surface area (Å²) in [5.41, 5.74) is 0.871. The summed E-state index contributed by atoms with van der Waals surface area (Å²) >= 11 is 3.08. The number of nitrogens with one attached hydrogen (secondary N) is 1. The fraction of sp³-hybridized carbons (Fsp3) is 0.133. The average Bonchev–Trinajstić information content (AvgIpc) is 2.50. The van der Waals surface area contributed by atoms with Gasteiger partial charge in [-0.3, -0.25) is 4.79 Å². The van der Waals surface area contributed by atoms with E-state index in [0.29, 0.717) is 36.0 Å². The fourth-order valence-electron chi connectivity index (χ4n) is 2.02. The summed E-state index contributed by atoms with van der Waals surface area (Å²) < 4.78 is 24.4. The van der Waals surface area contributed by atoms with Crippen molar-refractivity contribution in [3.8, 4) is 11.5 Å². The van der Waals surface area contributed by atoms with Gasteiger partial charge in [0, 0.05) is 5.69 Å². The highest BCUT2D eigenvalue weighted by atomic mass is 79.9. The molecule has 1 aliphatic heterocycles. The standard InChI is InChI=1S/C15H11BrFNO3/c16-11-8-9(4-5-12(11)17)18-15(19)10-2-1-3-13-14(10)21-7-6-20-13/h1-5,8H,6-7H2,(H,18,19). The number of halogens is 2. The molecule has 1 amide bonds. The molecule has 0 fully saturated rings. The number of hydrogen-bond acceptors (Lipinski definition) is 3. The van der Waals surface area contributed by atoms with Gasteiger partial charge in [0.05, 0.1) is 10.0 Å². The zero-order valence-electron chi connectivity index (χ0n) is 10.9. The topological polar surface area (TPSA) is 47.6 Å². The third kappa shape index (κ3) is 2.85. The van der Waals surface area contributed by atoms with E-state index in [4.69, 9.17) is 9.47 Å². The molecule has 0 aromatic heterocycles. The molecule has 108 valence electrons. The molecule has 0 atom stereocenters. The molecule has 4 nitrogen and oxygen atoms in total. The Balaban J connectivity index is 1.87. The zero-order chi connectivity index (χ0) is 14.8. The molecule has 21 heavy (non-hydrogen) atoms. The zero-order valence-corrected chi connectivity index (χ0v) is 12.4. The van der Waals surface area contributed by atoms with Crippen LogP contribution in [0.5, 0.6) is 11.5 Å². The van der Waals surface area contributed by atoms with E-state index < -0.39 is 0 Å². The Bertz CT molecular complexity index is 705. The van der Waals surface area contributed by atoms with Crippen LogP contribution in [0.25, 0.3) is 0 Å². The second-order valence-electron chi connectivity index (χ2n) is 4.41. The summed E-state index contributed by atoms with van der Waals surface area (Å²) in [7, 11) is 0. The predicted octanol–water partition coefficient (Wildman–Crippen LogP) is 3.61. The summed E-state index contributed by atoms with van der Waals surface area (Å²) in [6, 6.07) is 9.40. The van der Waals surface area contributed by atoms with Gasteiger partial charge in [-0.1, -0.05) is 6.07 Å². The van der Waals surface area contributed by atoms with Crippen molar-refractivity contribution in [1.29, 1.82) is 0 Å². The van der Waals surface area contributed by atoms with Gasteiger partial charge in [-0.05, 0) is 46.3 Å². The minimum atomic E-state index is -0.387. The highest BCUT2D eigenvalue weighted by Gasteiger charge is 2.20. The molecule has 0 saturated heterocycles. The highest BCUT2D eigenvalue weighted by molar-refractivity contribution is 9.10. The maximum absolute atomic E-state index is 13.2. The SMILES string of the molecule is O=C(Nc1ccc(F)c(Br)c1)c1cccc2c1OCCO2. The molecule has 1 aliphatic rings. The van der Waals surface area contributed by atoms with Crippen molar-refractivity contribution in [2.75, 3.05) is 18.5 Å². The van der Waals surface area contributed by atoms with E-state index in [2.05, 4.69) is 21.2 Å². The number of fused-ring (bicyclic) bond motifs is 1. The minimum Gasteiger partial charge on any atom is -0.486 e. The summed E-state index contributed by atoms with van der Waals surface area (Å²) in [6.07, 6.45) is 0. The summed E-state index contributed by atoms with van der Waals surface area (Å²) in [5.74, 6) is 0.259. The van der Waals surface area contributed by atoms with Crippen LogP contribution in [0.15, 0.2) is 40.9 Å². The first-order chi connectivity index (χ1) is 10.1. The van der Waals surface area contributed by atoms with Gasteiger partial charge in [0.2, 0.25) is 0 Å². The maximum Gasteiger partial charge on any atom is 0.259 e. The molecule has 2 aromatic rings. The van der Waals surface area contributed by atoms with Gasteiger partial charge in [-0.2, -0.15) is 0 Å². The lowest BCUT2D eigenvalue weighted by molar-refractivity contribution is 0.101. The van der Waals surface area contributed by atoms with E-state index in [0.717, 1.165) is 0 Å². The van der Waals surface area contributed by atoms with Crippen LogP contribution in [-0.2, 0) is 0 Å². The Hall–Kier alpha value is -2.08. The molecule has 0 saturated carbocycles. The number of amides is 1. The van der Waals surface area contributed by atoms with Crippen LogP contribution in [0.3, 0.4) is 0 Å². The van der Waals surface area contributed by atoms with E-state index in [1.165, 1.54) is 18.2 Å². The van der Waals surface area contributed by atoms with Crippen molar-refractivity contribution in [1.82, 2.24) is 0 Å². The monoisotopic (exact) mass is 351 g/mol. The van der Waals surface area contributed by atoms with Gasteiger partial charge in [0.25, 0.3) is 5.91 Å². The Morgan fingerprint density at radius 1 is 1.19 bits per heavy atom. The van der Waals surface area contributed by atoms with Crippen molar-refractivity contribution in [3.05, 3.63) is 52.3 Å². The van der Waals surface area contributed by atoms with Gasteiger partial charge in [-0.15, -0.1) is 0 Å². The number of ether oxygens (including phenoxy) is 2. The molecule has 0 aliphatic carbocycles. The Morgan fingerprint density at radius 2 is 2.00 bits per heavy atom. The highest BCUT2D eigenvalue weighted by Crippen LogP contribution is 2.34. The van der Waals surface area contributed by atoms with Crippen LogP contribution in [-0.4, -0.2) is 19.1 Å². The van der Waals surface area contributed by atoms with E-state index in [-0.39, 0.29) is 16.2 Å². The van der Waals surface area contributed by atoms with Crippen molar-refractivity contribution in [2.45, 2.75) is 0 Å². The normalized spacial score (nSPS) is 12.9. The van der Waals surface area contributed by atoms with Crippen molar-refractivity contribution >= 4 is 27.5 Å². The van der Waals surface area contributed by atoms with E-state index in [1.54, 1.807) is 18.2 Å². The van der Waals surface area contributed by atoms with E-state index in [9.17, 15) is 9.18 Å². The number of rotatable bonds is 2. The molecule has 6 heteroatoms. The molecule has 0 bridgehead atoms. The molecule has 0 unspecified atom stereocenters. The van der Waals surface area contributed by atoms with Crippen LogP contribution in [0.1, 0.15) is 10.4 Å². The number of hydrogen-bond donors (Lipinski definition) is 1. The molecule has 2 aromatic carbocycles. The maximum atomic E-state index is 13.2. The number of anilines is 1. The van der Waals surface area contributed by atoms with E-state index >= 15 is 0 Å². The predicted molar refractivity (Wildman–Crippen MR) is 79.5 cm³/mol. The summed E-state index contributed by atoms with van der Waals surface area (Å²) in [4.78, 5) is 12.3. The van der Waals surface area contributed by atoms with E-state index in [1.807, 2.05) is 0 Å². The molecule has 1 N–H and O–H groups in total. The molecular weight excluding hydrogens is 341 g/mol. The van der Waals surface area contributed by atoms with Gasteiger partial charge in [0.1, 0.15) is 19.0 Å². The van der Waals surface area contributed by atoms with Crippen LogP contribution < -0.4 is 14.8 Å². The smallest absolute Gasteiger partial charge is 0.259 e. The number of para-hydroxylation sites is 1. The van der Waals surface area contributed by atoms with Gasteiger partial charge < -0.3 is 14.8 Å². The third-order valence-electron chi connectivity index (χ3n) is 2.99. The quantitative estimate of drug-likeness (QED) is 0.898. The van der Waals surface area contributed by atoms with Crippen LogP contribution in [0, 0.1) is 5.82 Å². The number of benzene rings is 2. The lowest BCUT2D eigenvalue weighted by Crippen LogP contribution is -2.20. The van der Waals surface area contributed by atoms with Crippen molar-refractivity contribution in [3.63, 3.8) is 0 Å². The van der Waals surface area contributed by atoms with Gasteiger partial charge in [0.15, 0.2) is 11.5 Å². The van der Waals surface area contributed by atoms with Crippen LogP contribution in [0.2, 0.25) is 0 Å². The van der Waals surface area contributed by atoms with Crippen molar-refractivity contribution in [2.24, 2.45) is 0 Å². The first-order valence-electron chi connectivity index (χ1n) is 6.30. The molecule has 1 heterocycles.